The van der Waals surface area contributed by atoms with Crippen molar-refractivity contribution in [3.05, 3.63) is 41.0 Å². The zero-order chi connectivity index (χ0) is 17.4. The number of anilines is 1. The van der Waals surface area contributed by atoms with Gasteiger partial charge in [0.05, 0.1) is 16.6 Å². The van der Waals surface area contributed by atoms with Crippen LogP contribution in [0.2, 0.25) is 0 Å². The second-order valence-corrected chi connectivity index (χ2v) is 6.10. The highest BCUT2D eigenvalue weighted by Crippen LogP contribution is 2.24. The van der Waals surface area contributed by atoms with Gasteiger partial charge in [-0.15, -0.1) is 0 Å². The van der Waals surface area contributed by atoms with Gasteiger partial charge in [0.25, 0.3) is 0 Å². The molecular formula is C17H20FN5O. The normalized spacial score (nSPS) is 12.5. The lowest BCUT2D eigenvalue weighted by Crippen LogP contribution is -2.23. The van der Waals surface area contributed by atoms with E-state index in [0.717, 1.165) is 17.0 Å². The van der Waals surface area contributed by atoms with E-state index in [-0.39, 0.29) is 17.6 Å². The van der Waals surface area contributed by atoms with Crippen LogP contribution in [0.15, 0.2) is 18.2 Å². The van der Waals surface area contributed by atoms with Gasteiger partial charge in [-0.25, -0.2) is 4.39 Å². The lowest BCUT2D eigenvalue weighted by Gasteiger charge is -2.11. The third-order valence-corrected chi connectivity index (χ3v) is 4.40. The summed E-state index contributed by atoms with van der Waals surface area (Å²) in [5.41, 5.74) is 3.59. The fourth-order valence-electron chi connectivity index (χ4n) is 2.87. The molecule has 0 spiro atoms. The number of hydrogen-bond acceptors (Lipinski definition) is 3. The predicted molar refractivity (Wildman–Crippen MR) is 90.2 cm³/mol. The highest BCUT2D eigenvalue weighted by Gasteiger charge is 2.20. The van der Waals surface area contributed by atoms with Gasteiger partial charge in [-0.3, -0.25) is 14.6 Å². The molecule has 0 saturated carbocycles. The predicted octanol–water partition coefficient (Wildman–Crippen LogP) is 2.87. The number of H-pyrrole nitrogens is 1. The molecule has 2 N–H and O–H groups in total. The van der Waals surface area contributed by atoms with Crippen LogP contribution in [-0.2, 0) is 18.3 Å². The summed E-state index contributed by atoms with van der Waals surface area (Å²) < 4.78 is 15.8. The van der Waals surface area contributed by atoms with E-state index in [1.165, 1.54) is 6.07 Å². The van der Waals surface area contributed by atoms with Crippen molar-refractivity contribution in [2.75, 3.05) is 5.32 Å². The van der Waals surface area contributed by atoms with E-state index in [1.54, 1.807) is 12.1 Å². The first-order valence-electron chi connectivity index (χ1n) is 7.81. The number of rotatable bonds is 4. The van der Waals surface area contributed by atoms with Crippen molar-refractivity contribution in [1.29, 1.82) is 0 Å². The molecule has 2 aromatic heterocycles. The number of aromatic nitrogens is 4. The number of carbonyl (C=O) groups excluding carboxylic acids is 1. The van der Waals surface area contributed by atoms with E-state index in [9.17, 15) is 9.18 Å². The van der Waals surface area contributed by atoms with Crippen LogP contribution >= 0.6 is 0 Å². The Bertz CT molecular complexity index is 911. The summed E-state index contributed by atoms with van der Waals surface area (Å²) in [6.07, 6.45) is 0.572. The Morgan fingerprint density at radius 2 is 2.17 bits per heavy atom. The van der Waals surface area contributed by atoms with Crippen LogP contribution < -0.4 is 5.32 Å². The maximum Gasteiger partial charge on any atom is 0.228 e. The van der Waals surface area contributed by atoms with Gasteiger partial charge in [0.2, 0.25) is 5.91 Å². The van der Waals surface area contributed by atoms with Gasteiger partial charge in [0, 0.05) is 18.7 Å². The number of amides is 1. The molecule has 0 saturated heterocycles. The van der Waals surface area contributed by atoms with Crippen molar-refractivity contribution in [1.82, 2.24) is 20.0 Å². The molecule has 0 aliphatic carbocycles. The third kappa shape index (κ3) is 2.77. The fourth-order valence-corrected chi connectivity index (χ4v) is 2.87. The SMILES string of the molecule is Cc1nn(C)c(C)c1C[C@H](C)C(=O)Nc1n[nH]c2cccc(F)c12. The minimum Gasteiger partial charge on any atom is -0.308 e. The van der Waals surface area contributed by atoms with Crippen LogP contribution in [0.3, 0.4) is 0 Å². The molecule has 126 valence electrons. The van der Waals surface area contributed by atoms with E-state index in [0.29, 0.717) is 17.3 Å². The second kappa shape index (κ2) is 6.07. The van der Waals surface area contributed by atoms with Crippen LogP contribution in [0.1, 0.15) is 23.9 Å². The van der Waals surface area contributed by atoms with Crippen LogP contribution in [0.4, 0.5) is 10.2 Å². The van der Waals surface area contributed by atoms with E-state index < -0.39 is 5.82 Å². The Kier molecular flexibility index (Phi) is 4.09. The number of aryl methyl sites for hydroxylation is 2. The first-order valence-corrected chi connectivity index (χ1v) is 7.81. The van der Waals surface area contributed by atoms with Gasteiger partial charge >= 0.3 is 0 Å². The zero-order valence-corrected chi connectivity index (χ0v) is 14.1. The number of nitrogens with one attached hydrogen (secondary N) is 2. The molecule has 3 aromatic rings. The first-order chi connectivity index (χ1) is 11.4. The Morgan fingerprint density at radius 3 is 2.83 bits per heavy atom. The van der Waals surface area contributed by atoms with E-state index in [1.807, 2.05) is 32.5 Å². The first kappa shape index (κ1) is 16.2. The van der Waals surface area contributed by atoms with E-state index >= 15 is 0 Å². The Morgan fingerprint density at radius 1 is 1.42 bits per heavy atom. The molecule has 0 radical (unpaired) electrons. The van der Waals surface area contributed by atoms with Crippen molar-refractivity contribution in [2.45, 2.75) is 27.2 Å². The molecule has 0 bridgehead atoms. The van der Waals surface area contributed by atoms with Gasteiger partial charge in [-0.05, 0) is 38.0 Å². The third-order valence-electron chi connectivity index (χ3n) is 4.40. The van der Waals surface area contributed by atoms with Crippen molar-refractivity contribution in [3.63, 3.8) is 0 Å². The van der Waals surface area contributed by atoms with Crippen molar-refractivity contribution in [2.24, 2.45) is 13.0 Å². The largest absolute Gasteiger partial charge is 0.308 e. The van der Waals surface area contributed by atoms with Crippen molar-refractivity contribution < 1.29 is 9.18 Å². The molecule has 3 rings (SSSR count). The molecule has 24 heavy (non-hydrogen) atoms. The highest BCUT2D eigenvalue weighted by atomic mass is 19.1. The van der Waals surface area contributed by atoms with Gasteiger partial charge in [-0.2, -0.15) is 10.2 Å². The molecule has 1 aromatic carbocycles. The summed E-state index contributed by atoms with van der Waals surface area (Å²) in [6.45, 7) is 5.76. The number of fused-ring (bicyclic) bond motifs is 1. The second-order valence-electron chi connectivity index (χ2n) is 6.10. The minimum absolute atomic E-state index is 0.200. The molecule has 0 aliphatic rings. The van der Waals surface area contributed by atoms with E-state index in [2.05, 4.69) is 20.6 Å². The topological polar surface area (TPSA) is 75.6 Å². The fraction of sp³-hybridized carbons (Fsp3) is 0.353. The maximum absolute atomic E-state index is 14.0. The summed E-state index contributed by atoms with van der Waals surface area (Å²) in [5, 5.41) is 14.1. The van der Waals surface area contributed by atoms with Crippen molar-refractivity contribution >= 4 is 22.6 Å². The van der Waals surface area contributed by atoms with Crippen LogP contribution in [-0.4, -0.2) is 25.9 Å². The van der Waals surface area contributed by atoms with Crippen LogP contribution in [0, 0.1) is 25.6 Å². The Labute approximate surface area is 139 Å². The Hall–Kier alpha value is -2.70. The number of halogens is 1. The summed E-state index contributed by atoms with van der Waals surface area (Å²) in [7, 11) is 1.88. The van der Waals surface area contributed by atoms with Gasteiger partial charge in [-0.1, -0.05) is 13.0 Å². The molecule has 0 unspecified atom stereocenters. The summed E-state index contributed by atoms with van der Waals surface area (Å²) >= 11 is 0. The van der Waals surface area contributed by atoms with Gasteiger partial charge in [0.1, 0.15) is 5.82 Å². The van der Waals surface area contributed by atoms with E-state index in [4.69, 9.17) is 0 Å². The lowest BCUT2D eigenvalue weighted by atomic mass is 9.99. The summed E-state index contributed by atoms with van der Waals surface area (Å²) in [5.74, 6) is -0.679. The molecule has 7 heteroatoms. The van der Waals surface area contributed by atoms with Gasteiger partial charge in [0.15, 0.2) is 5.82 Å². The summed E-state index contributed by atoms with van der Waals surface area (Å²) in [4.78, 5) is 12.5. The minimum atomic E-state index is -0.414. The maximum atomic E-state index is 14.0. The number of hydrogen-bond donors (Lipinski definition) is 2. The quantitative estimate of drug-likeness (QED) is 0.773. The average molecular weight is 329 g/mol. The van der Waals surface area contributed by atoms with Crippen LogP contribution in [0.5, 0.6) is 0 Å². The van der Waals surface area contributed by atoms with Gasteiger partial charge < -0.3 is 5.32 Å². The molecule has 0 fully saturated rings. The molecular weight excluding hydrogens is 309 g/mol. The number of benzene rings is 1. The highest BCUT2D eigenvalue weighted by molar-refractivity contribution is 6.00. The summed E-state index contributed by atoms with van der Waals surface area (Å²) in [6, 6.07) is 4.66. The van der Waals surface area contributed by atoms with Crippen LogP contribution in [0.25, 0.3) is 10.9 Å². The number of nitrogens with zero attached hydrogens (tertiary/aromatic N) is 3. The molecule has 1 atom stereocenters. The molecule has 0 aliphatic heterocycles. The number of aromatic amines is 1. The molecule has 1 amide bonds. The average Bonchev–Trinajstić information content (AvgIpc) is 3.04. The molecule has 2 heterocycles. The standard InChI is InChI=1S/C17H20FN5O/c1-9(8-12-10(2)22-23(4)11(12)3)17(24)19-16-15-13(18)6-5-7-14(15)20-21-16/h5-7,9H,8H2,1-4H3,(H2,19,20,21,24)/t9-/m0/s1. The Balaban J connectivity index is 1.79. The van der Waals surface area contributed by atoms with Crippen molar-refractivity contribution in [3.8, 4) is 0 Å². The number of carbonyl (C=O) groups is 1. The monoisotopic (exact) mass is 329 g/mol. The molecule has 6 nitrogen and oxygen atoms in total. The lowest BCUT2D eigenvalue weighted by molar-refractivity contribution is -0.119. The smallest absolute Gasteiger partial charge is 0.228 e. The zero-order valence-electron chi connectivity index (χ0n) is 14.1.